The summed E-state index contributed by atoms with van der Waals surface area (Å²) in [6.07, 6.45) is 1.46. The molecule has 0 fully saturated rings. The Morgan fingerprint density at radius 2 is 1.87 bits per heavy atom. The van der Waals surface area contributed by atoms with Crippen LogP contribution in [0.3, 0.4) is 0 Å². The van der Waals surface area contributed by atoms with Crippen molar-refractivity contribution in [2.45, 2.75) is 26.5 Å². The molecule has 5 rings (SSSR count). The second-order valence-electron chi connectivity index (χ2n) is 8.58. The average molecular weight is 550 g/mol. The summed E-state index contributed by atoms with van der Waals surface area (Å²) >= 11 is 12.3. The molecule has 0 aliphatic carbocycles. The first kappa shape index (κ1) is 25.6. The number of anilines is 2. The molecule has 3 aromatic carbocycles. The molecule has 38 heavy (non-hydrogen) atoms. The van der Waals surface area contributed by atoms with Crippen molar-refractivity contribution in [3.05, 3.63) is 105 Å². The fraction of sp³-hybridized carbons (Fsp3) is 0.179. The highest BCUT2D eigenvalue weighted by atomic mass is 35.5. The number of ether oxygens (including phenoxy) is 2. The van der Waals surface area contributed by atoms with Crippen LogP contribution >= 0.6 is 23.2 Å². The van der Waals surface area contributed by atoms with Crippen LogP contribution in [0.15, 0.2) is 84.3 Å². The number of para-hydroxylation sites is 1. The highest BCUT2D eigenvalue weighted by Crippen LogP contribution is 2.39. The van der Waals surface area contributed by atoms with Gasteiger partial charge in [0, 0.05) is 27.0 Å². The van der Waals surface area contributed by atoms with Gasteiger partial charge in [-0.1, -0.05) is 53.5 Å². The van der Waals surface area contributed by atoms with E-state index in [0.29, 0.717) is 51.1 Å². The van der Waals surface area contributed by atoms with E-state index in [1.54, 1.807) is 16.8 Å². The lowest BCUT2D eigenvalue weighted by atomic mass is 9.94. The molecule has 1 aliphatic rings. The van der Waals surface area contributed by atoms with Crippen LogP contribution in [0.1, 0.15) is 31.0 Å². The predicted molar refractivity (Wildman–Crippen MR) is 148 cm³/mol. The van der Waals surface area contributed by atoms with Crippen molar-refractivity contribution in [2.24, 2.45) is 0 Å². The summed E-state index contributed by atoms with van der Waals surface area (Å²) in [6, 6.07) is 19.6. The highest BCUT2D eigenvalue weighted by Gasteiger charge is 2.34. The number of benzene rings is 3. The van der Waals surface area contributed by atoms with Crippen LogP contribution in [-0.2, 0) is 11.4 Å². The van der Waals surface area contributed by atoms with E-state index in [9.17, 15) is 4.79 Å². The van der Waals surface area contributed by atoms with Crippen LogP contribution < -0.4 is 20.1 Å². The number of hydrogen-bond acceptors (Lipinski definition) is 6. The van der Waals surface area contributed by atoms with Gasteiger partial charge in [0.15, 0.2) is 11.5 Å². The number of rotatable bonds is 8. The van der Waals surface area contributed by atoms with E-state index in [4.69, 9.17) is 32.7 Å². The van der Waals surface area contributed by atoms with Crippen molar-refractivity contribution in [1.82, 2.24) is 14.8 Å². The van der Waals surface area contributed by atoms with Gasteiger partial charge in [-0.25, -0.2) is 4.68 Å². The minimum Gasteiger partial charge on any atom is -0.490 e. The molecule has 1 atom stereocenters. The van der Waals surface area contributed by atoms with Crippen molar-refractivity contribution in [1.29, 1.82) is 0 Å². The van der Waals surface area contributed by atoms with Gasteiger partial charge in [-0.15, -0.1) is 0 Å². The molecule has 194 valence electrons. The van der Waals surface area contributed by atoms with Gasteiger partial charge in [-0.2, -0.15) is 10.1 Å². The van der Waals surface area contributed by atoms with E-state index in [0.717, 1.165) is 11.1 Å². The molecule has 1 aliphatic heterocycles. The summed E-state index contributed by atoms with van der Waals surface area (Å²) in [6.45, 7) is 4.41. The maximum atomic E-state index is 13.5. The zero-order valence-electron chi connectivity index (χ0n) is 20.7. The first-order valence-corrected chi connectivity index (χ1v) is 12.8. The number of amides is 1. The van der Waals surface area contributed by atoms with Gasteiger partial charge in [-0.05, 0) is 55.8 Å². The SMILES string of the molecule is CCOc1cc(C2C(C(=O)Nc3ccccc3)=C(C)Nc3ncnn32)ccc1OCc1ccc(Cl)cc1Cl. The number of halogens is 2. The second-order valence-corrected chi connectivity index (χ2v) is 9.42. The van der Waals surface area contributed by atoms with Crippen molar-refractivity contribution in [3.8, 4) is 11.5 Å². The van der Waals surface area contributed by atoms with E-state index < -0.39 is 6.04 Å². The summed E-state index contributed by atoms with van der Waals surface area (Å²) in [5.41, 5.74) is 3.47. The van der Waals surface area contributed by atoms with Crippen molar-refractivity contribution in [2.75, 3.05) is 17.2 Å². The Morgan fingerprint density at radius 3 is 2.63 bits per heavy atom. The number of fused-ring (bicyclic) bond motifs is 1. The number of nitrogens with zero attached hydrogens (tertiary/aromatic N) is 3. The van der Waals surface area contributed by atoms with Crippen LogP contribution in [0.25, 0.3) is 0 Å². The lowest BCUT2D eigenvalue weighted by Gasteiger charge is -2.29. The molecular weight excluding hydrogens is 525 g/mol. The van der Waals surface area contributed by atoms with Gasteiger partial charge in [0.25, 0.3) is 5.91 Å². The molecule has 0 radical (unpaired) electrons. The van der Waals surface area contributed by atoms with Gasteiger partial charge in [-0.3, -0.25) is 4.79 Å². The van der Waals surface area contributed by atoms with Crippen molar-refractivity contribution in [3.63, 3.8) is 0 Å². The number of aromatic nitrogens is 3. The zero-order valence-corrected chi connectivity index (χ0v) is 22.3. The topological polar surface area (TPSA) is 90.3 Å². The predicted octanol–water partition coefficient (Wildman–Crippen LogP) is 6.49. The summed E-state index contributed by atoms with van der Waals surface area (Å²) < 4.78 is 13.7. The molecule has 2 heterocycles. The Labute approximate surface area is 230 Å². The lowest BCUT2D eigenvalue weighted by molar-refractivity contribution is -0.113. The van der Waals surface area contributed by atoms with Crippen LogP contribution in [-0.4, -0.2) is 27.3 Å². The normalized spacial score (nSPS) is 14.5. The molecule has 0 saturated heterocycles. The Bertz CT molecular complexity index is 1500. The molecule has 8 nitrogen and oxygen atoms in total. The molecule has 2 N–H and O–H groups in total. The molecule has 4 aromatic rings. The maximum absolute atomic E-state index is 13.5. The molecule has 1 unspecified atom stereocenters. The van der Waals surface area contributed by atoms with Gasteiger partial charge in [0.2, 0.25) is 5.95 Å². The third-order valence-corrected chi connectivity index (χ3v) is 6.64. The first-order chi connectivity index (χ1) is 18.4. The largest absolute Gasteiger partial charge is 0.490 e. The lowest BCUT2D eigenvalue weighted by Crippen LogP contribution is -2.31. The van der Waals surface area contributed by atoms with Crippen LogP contribution in [0.2, 0.25) is 10.0 Å². The average Bonchev–Trinajstić information content (AvgIpc) is 3.36. The maximum Gasteiger partial charge on any atom is 0.255 e. The Balaban J connectivity index is 1.49. The van der Waals surface area contributed by atoms with Crippen molar-refractivity contribution < 1.29 is 14.3 Å². The Kier molecular flexibility index (Phi) is 7.53. The highest BCUT2D eigenvalue weighted by molar-refractivity contribution is 6.35. The number of nitrogens with one attached hydrogen (secondary N) is 2. The van der Waals surface area contributed by atoms with Gasteiger partial charge >= 0.3 is 0 Å². The van der Waals surface area contributed by atoms with Gasteiger partial charge in [0.05, 0.1) is 12.2 Å². The number of carbonyl (C=O) groups is 1. The van der Waals surface area contributed by atoms with E-state index in [2.05, 4.69) is 20.7 Å². The number of allylic oxidation sites excluding steroid dienone is 1. The molecular formula is C28H25Cl2N5O3. The molecule has 1 amide bonds. The summed E-state index contributed by atoms with van der Waals surface area (Å²) in [4.78, 5) is 17.8. The number of hydrogen-bond donors (Lipinski definition) is 2. The standard InChI is InChI=1S/C28H25Cl2N5O3/c1-3-37-24-13-18(10-12-23(24)38-15-19-9-11-20(29)14-22(19)30)26-25(17(2)33-28-31-16-32-35(26)28)27(36)34-21-7-5-4-6-8-21/h4-14,16,26H,3,15H2,1-2H3,(H,34,36)(H,31,32,33). The fourth-order valence-electron chi connectivity index (χ4n) is 4.29. The molecule has 0 spiro atoms. The molecule has 10 heteroatoms. The van der Waals surface area contributed by atoms with Crippen molar-refractivity contribution >= 4 is 40.7 Å². The minimum atomic E-state index is -0.545. The zero-order chi connectivity index (χ0) is 26.6. The molecule has 1 aromatic heterocycles. The van der Waals surface area contributed by atoms with Crippen LogP contribution in [0, 0.1) is 0 Å². The Morgan fingerprint density at radius 1 is 1.05 bits per heavy atom. The van der Waals surface area contributed by atoms with Gasteiger partial charge < -0.3 is 20.1 Å². The number of carbonyl (C=O) groups excluding carboxylic acids is 1. The monoisotopic (exact) mass is 549 g/mol. The van der Waals surface area contributed by atoms with E-state index in [1.165, 1.54) is 6.33 Å². The van der Waals surface area contributed by atoms with E-state index in [-0.39, 0.29) is 12.5 Å². The Hall–Kier alpha value is -4.01. The van der Waals surface area contributed by atoms with Crippen LogP contribution in [0.5, 0.6) is 11.5 Å². The molecule has 0 bridgehead atoms. The third kappa shape index (κ3) is 5.32. The van der Waals surface area contributed by atoms with Crippen LogP contribution in [0.4, 0.5) is 11.6 Å². The quantitative estimate of drug-likeness (QED) is 0.261. The second kappa shape index (κ2) is 11.2. The summed E-state index contributed by atoms with van der Waals surface area (Å²) in [7, 11) is 0. The summed E-state index contributed by atoms with van der Waals surface area (Å²) in [5.74, 6) is 1.38. The van der Waals surface area contributed by atoms with Gasteiger partial charge in [0.1, 0.15) is 19.0 Å². The van der Waals surface area contributed by atoms with E-state index >= 15 is 0 Å². The third-order valence-electron chi connectivity index (χ3n) is 6.05. The summed E-state index contributed by atoms with van der Waals surface area (Å²) in [5, 5.41) is 11.7. The van der Waals surface area contributed by atoms with E-state index in [1.807, 2.05) is 68.4 Å². The smallest absolute Gasteiger partial charge is 0.255 e. The first-order valence-electron chi connectivity index (χ1n) is 12.0. The minimum absolute atomic E-state index is 0.236. The fourth-order valence-corrected chi connectivity index (χ4v) is 4.75. The molecule has 0 saturated carbocycles.